The molecule has 0 heterocycles. The normalized spacial score (nSPS) is 0. The summed E-state index contributed by atoms with van der Waals surface area (Å²) in [5.74, 6) is 0. The van der Waals surface area contributed by atoms with Crippen molar-refractivity contribution in [2.24, 2.45) is 0 Å². The minimum absolute atomic E-state index is 0. The van der Waals surface area contributed by atoms with Crippen molar-refractivity contribution in [3.8, 4) is 0 Å². The van der Waals surface area contributed by atoms with Crippen LogP contribution < -0.4 is 73.6 Å². The predicted octanol–water partition coefficient (Wildman–Crippen LogP) is -6.35. The fourth-order valence-electron chi connectivity index (χ4n) is 0. The molecule has 0 atom stereocenters. The zero-order valence-corrected chi connectivity index (χ0v) is 12.2. The van der Waals surface area contributed by atoms with Crippen LogP contribution in [0.2, 0.25) is 0 Å². The maximum atomic E-state index is 0. The standard InChI is InChI=1S/Cs.FH.3O.W/h;1H;;;;/q+1;;3*-2;/p-1. The van der Waals surface area contributed by atoms with E-state index in [1.165, 1.54) is 0 Å². The van der Waals surface area contributed by atoms with Gasteiger partial charge in [-0.1, -0.05) is 0 Å². The minimum atomic E-state index is 0. The van der Waals surface area contributed by atoms with Crippen molar-refractivity contribution in [1.82, 2.24) is 0 Å². The van der Waals surface area contributed by atoms with Crippen LogP contribution in [-0.2, 0) is 37.5 Å². The molecule has 0 spiro atoms. The van der Waals surface area contributed by atoms with Gasteiger partial charge in [0.25, 0.3) is 0 Å². The Kier molecular flexibility index (Phi) is 622. The summed E-state index contributed by atoms with van der Waals surface area (Å²) in [4.78, 5) is 0. The largest absolute Gasteiger partial charge is 2.00 e. The van der Waals surface area contributed by atoms with E-state index in [2.05, 4.69) is 0 Å². The molecule has 38 valence electrons. The van der Waals surface area contributed by atoms with Gasteiger partial charge >= 0.3 is 68.9 Å². The van der Waals surface area contributed by atoms with E-state index in [0.29, 0.717) is 0 Å². The van der Waals surface area contributed by atoms with E-state index >= 15 is 0 Å². The molecule has 0 aromatic rings. The Morgan fingerprint density at radius 2 is 0.667 bits per heavy atom. The number of rotatable bonds is 0. The van der Waals surface area contributed by atoms with Gasteiger partial charge in [-0.15, -0.1) is 0 Å². The molecule has 0 aromatic heterocycles. The Hall–Kier alpha value is 2.55. The fourth-order valence-corrected chi connectivity index (χ4v) is 0. The van der Waals surface area contributed by atoms with Crippen molar-refractivity contribution in [3.05, 3.63) is 0 Å². The average molecular weight is 384 g/mol. The van der Waals surface area contributed by atoms with E-state index in [1.54, 1.807) is 0 Å². The van der Waals surface area contributed by atoms with Crippen LogP contribution in [0.5, 0.6) is 0 Å². The first-order chi connectivity index (χ1) is 0. The molecule has 0 aliphatic heterocycles. The molecule has 6 heavy (non-hydrogen) atoms. The number of hydrogen-bond donors (Lipinski definition) is 0. The van der Waals surface area contributed by atoms with Crippen molar-refractivity contribution in [2.75, 3.05) is 0 Å². The second-order valence-electron chi connectivity index (χ2n) is 0. The van der Waals surface area contributed by atoms with Crippen LogP contribution in [0.3, 0.4) is 0 Å². The Morgan fingerprint density at radius 3 is 0.667 bits per heavy atom. The average Bonchev–Trinajstić information content (AvgIpc) is 0. The maximum absolute atomic E-state index is 0. The quantitative estimate of drug-likeness (QED) is 0.398. The summed E-state index contributed by atoms with van der Waals surface area (Å²) in [6.07, 6.45) is 0. The van der Waals surface area contributed by atoms with Crippen LogP contribution in [-0.4, -0.2) is 0 Å². The zero-order chi connectivity index (χ0) is 0. The van der Waals surface area contributed by atoms with Gasteiger partial charge in [-0.05, 0) is 0 Å². The molecule has 0 amide bonds. The van der Waals surface area contributed by atoms with Crippen molar-refractivity contribution < 1.29 is 111 Å². The second kappa shape index (κ2) is 49.8. The SMILES string of the molecule is [Cs+].[F-].[O-2].[O-2].[O-2].[W]. The van der Waals surface area contributed by atoms with E-state index < -0.39 is 0 Å². The van der Waals surface area contributed by atoms with Crippen molar-refractivity contribution in [3.63, 3.8) is 0 Å². The first-order valence-electron chi connectivity index (χ1n) is 0. The second-order valence-corrected chi connectivity index (χ2v) is 0. The van der Waals surface area contributed by atoms with Gasteiger partial charge in [-0.3, -0.25) is 0 Å². The Balaban J connectivity index is 0. The molecule has 3 nitrogen and oxygen atoms in total. The third-order valence-corrected chi connectivity index (χ3v) is 0. The molecule has 0 fully saturated rings. The van der Waals surface area contributed by atoms with Gasteiger partial charge in [0.15, 0.2) is 0 Å². The van der Waals surface area contributed by atoms with Gasteiger partial charge in [0, 0.05) is 21.1 Å². The summed E-state index contributed by atoms with van der Waals surface area (Å²) >= 11 is 0. The number of halogens is 1. The van der Waals surface area contributed by atoms with Crippen molar-refractivity contribution in [2.45, 2.75) is 0 Å². The zero-order valence-electron chi connectivity index (χ0n) is 3.01. The van der Waals surface area contributed by atoms with E-state index in [1.807, 2.05) is 0 Å². The third kappa shape index (κ3) is 31.0. The first kappa shape index (κ1) is 74.9. The summed E-state index contributed by atoms with van der Waals surface area (Å²) in [6, 6.07) is 0. The van der Waals surface area contributed by atoms with Gasteiger partial charge in [0.1, 0.15) is 0 Å². The van der Waals surface area contributed by atoms with E-state index in [4.69, 9.17) is 0 Å². The van der Waals surface area contributed by atoms with Crippen LogP contribution in [0.1, 0.15) is 0 Å². The fraction of sp³-hybridized carbons (Fsp3) is 0. The molecule has 0 bridgehead atoms. The smallest absolute Gasteiger partial charge is 1.00 e. The molecule has 0 aliphatic carbocycles. The minimum Gasteiger partial charge on any atom is -2.00 e. The Labute approximate surface area is 108 Å². The molecular formula is CsFO3W-6. The van der Waals surface area contributed by atoms with Gasteiger partial charge in [0.2, 0.25) is 0 Å². The molecule has 6 heteroatoms. The summed E-state index contributed by atoms with van der Waals surface area (Å²) in [5, 5.41) is 0. The van der Waals surface area contributed by atoms with Crippen LogP contribution in [0.4, 0.5) is 0 Å². The van der Waals surface area contributed by atoms with Gasteiger partial charge in [0.05, 0.1) is 0 Å². The van der Waals surface area contributed by atoms with Crippen molar-refractivity contribution >= 4 is 0 Å². The molecule has 0 aliphatic rings. The maximum Gasteiger partial charge on any atom is 1.00 e. The summed E-state index contributed by atoms with van der Waals surface area (Å²) < 4.78 is 0. The molecular weight excluding hydrogens is 384 g/mol. The molecule has 0 saturated heterocycles. The van der Waals surface area contributed by atoms with Gasteiger partial charge in [-0.2, -0.15) is 0 Å². The Morgan fingerprint density at radius 1 is 0.667 bits per heavy atom. The summed E-state index contributed by atoms with van der Waals surface area (Å²) in [7, 11) is 0. The van der Waals surface area contributed by atoms with E-state index in [-0.39, 0.29) is 111 Å². The van der Waals surface area contributed by atoms with Crippen LogP contribution in [0.25, 0.3) is 0 Å². The van der Waals surface area contributed by atoms with Crippen LogP contribution >= 0.6 is 0 Å². The Bertz CT molecular complexity index is 10.8. The number of hydrogen-bond acceptors (Lipinski definition) is 0. The van der Waals surface area contributed by atoms with E-state index in [0.717, 1.165) is 0 Å². The van der Waals surface area contributed by atoms with Crippen LogP contribution in [0.15, 0.2) is 0 Å². The van der Waals surface area contributed by atoms with Crippen LogP contribution in [0, 0.1) is 0 Å². The molecule has 0 aromatic carbocycles. The van der Waals surface area contributed by atoms with Gasteiger partial charge in [-0.25, -0.2) is 0 Å². The third-order valence-electron chi connectivity index (χ3n) is 0. The van der Waals surface area contributed by atoms with Crippen molar-refractivity contribution in [1.29, 1.82) is 0 Å². The first-order valence-corrected chi connectivity index (χ1v) is 0. The predicted molar refractivity (Wildman–Crippen MR) is 2.06 cm³/mol. The molecule has 0 saturated carbocycles. The van der Waals surface area contributed by atoms with E-state index in [9.17, 15) is 0 Å². The molecule has 0 radical (unpaired) electrons. The molecule has 0 unspecified atom stereocenters. The summed E-state index contributed by atoms with van der Waals surface area (Å²) in [6.45, 7) is 0. The summed E-state index contributed by atoms with van der Waals surface area (Å²) in [5.41, 5.74) is 0. The molecule has 0 rings (SSSR count). The monoisotopic (exact) mass is 384 g/mol. The van der Waals surface area contributed by atoms with Gasteiger partial charge < -0.3 is 21.1 Å². The topological polar surface area (TPSA) is 85.5 Å². The molecule has 0 N–H and O–H groups in total.